The van der Waals surface area contributed by atoms with Crippen molar-refractivity contribution in [1.82, 2.24) is 4.90 Å². The summed E-state index contributed by atoms with van der Waals surface area (Å²) in [5.74, 6) is -1.30. The fourth-order valence-electron chi connectivity index (χ4n) is 2.22. The van der Waals surface area contributed by atoms with Gasteiger partial charge in [-0.1, -0.05) is 0 Å². The molecule has 0 aliphatic rings. The van der Waals surface area contributed by atoms with Crippen molar-refractivity contribution >= 4 is 23.2 Å². The van der Waals surface area contributed by atoms with E-state index in [9.17, 15) is 27.2 Å². The van der Waals surface area contributed by atoms with Crippen LogP contribution in [-0.2, 0) is 15.8 Å². The summed E-state index contributed by atoms with van der Waals surface area (Å²) in [6, 6.07) is 9.28. The van der Waals surface area contributed by atoms with Gasteiger partial charge in [-0.3, -0.25) is 14.5 Å². The van der Waals surface area contributed by atoms with Crippen LogP contribution in [0.2, 0.25) is 0 Å². The second-order valence-corrected chi connectivity index (χ2v) is 5.85. The molecule has 9 heteroatoms. The van der Waals surface area contributed by atoms with Crippen LogP contribution in [0.1, 0.15) is 5.56 Å². The van der Waals surface area contributed by atoms with Gasteiger partial charge in [0.15, 0.2) is 0 Å². The summed E-state index contributed by atoms with van der Waals surface area (Å²) >= 11 is 0. The number of alkyl halides is 3. The van der Waals surface area contributed by atoms with Gasteiger partial charge in [0.1, 0.15) is 5.82 Å². The summed E-state index contributed by atoms with van der Waals surface area (Å²) in [5, 5.41) is 5.02. The van der Waals surface area contributed by atoms with Crippen molar-refractivity contribution < 1.29 is 27.2 Å². The van der Waals surface area contributed by atoms with Gasteiger partial charge in [-0.05, 0) is 55.6 Å². The number of carbonyl (C=O) groups excluding carboxylic acids is 2. The van der Waals surface area contributed by atoms with Crippen molar-refractivity contribution in [3.05, 3.63) is 59.9 Å². The molecule has 0 heterocycles. The molecule has 2 amide bonds. The smallest absolute Gasteiger partial charge is 0.325 e. The van der Waals surface area contributed by atoms with Gasteiger partial charge in [-0.15, -0.1) is 0 Å². The molecule has 0 aromatic heterocycles. The predicted molar refractivity (Wildman–Crippen MR) is 92.6 cm³/mol. The first-order valence-electron chi connectivity index (χ1n) is 7.84. The number of likely N-dealkylation sites (N-methyl/N-ethyl adjacent to an activating group) is 1. The second kappa shape index (κ2) is 8.63. The average Bonchev–Trinajstić information content (AvgIpc) is 2.56. The molecule has 144 valence electrons. The van der Waals surface area contributed by atoms with Crippen LogP contribution in [0.25, 0.3) is 0 Å². The van der Waals surface area contributed by atoms with E-state index in [1.165, 1.54) is 36.2 Å². The molecule has 0 saturated heterocycles. The quantitative estimate of drug-likeness (QED) is 0.752. The van der Waals surface area contributed by atoms with Crippen molar-refractivity contribution in [1.29, 1.82) is 0 Å². The third kappa shape index (κ3) is 6.70. The van der Waals surface area contributed by atoms with Crippen LogP contribution in [0, 0.1) is 5.82 Å². The molecule has 2 rings (SSSR count). The predicted octanol–water partition coefficient (Wildman–Crippen LogP) is 3.35. The van der Waals surface area contributed by atoms with E-state index in [1.54, 1.807) is 0 Å². The SMILES string of the molecule is CN(CC(=O)Nc1ccc(F)cc1)CC(=O)Nc1ccc(C(F)(F)F)cc1. The summed E-state index contributed by atoms with van der Waals surface area (Å²) in [7, 11) is 1.54. The van der Waals surface area contributed by atoms with Crippen molar-refractivity contribution in [2.75, 3.05) is 30.8 Å². The summed E-state index contributed by atoms with van der Waals surface area (Å²) in [4.78, 5) is 25.3. The van der Waals surface area contributed by atoms with Gasteiger partial charge < -0.3 is 10.6 Å². The molecule has 0 unspecified atom stereocenters. The summed E-state index contributed by atoms with van der Waals surface area (Å²) in [5.41, 5.74) is -0.170. The molecule has 0 atom stereocenters. The number of hydrogen-bond donors (Lipinski definition) is 2. The number of benzene rings is 2. The number of amides is 2. The zero-order chi connectivity index (χ0) is 20.0. The molecular weight excluding hydrogens is 366 g/mol. The molecule has 2 aromatic rings. The number of anilines is 2. The maximum atomic E-state index is 12.8. The van der Waals surface area contributed by atoms with Gasteiger partial charge in [0, 0.05) is 11.4 Å². The second-order valence-electron chi connectivity index (χ2n) is 5.85. The van der Waals surface area contributed by atoms with Crippen LogP contribution >= 0.6 is 0 Å². The highest BCUT2D eigenvalue weighted by Gasteiger charge is 2.30. The molecule has 0 aliphatic heterocycles. The standard InChI is InChI=1S/C18H17F4N3O2/c1-25(11-17(27)24-15-8-4-13(19)5-9-15)10-16(26)23-14-6-2-12(3-7-14)18(20,21)22/h2-9H,10-11H2,1H3,(H,23,26)(H,24,27). The third-order valence-corrected chi connectivity index (χ3v) is 3.45. The molecule has 0 aliphatic carbocycles. The topological polar surface area (TPSA) is 61.4 Å². The van der Waals surface area contributed by atoms with E-state index in [1.807, 2.05) is 0 Å². The Balaban J connectivity index is 1.80. The van der Waals surface area contributed by atoms with E-state index in [2.05, 4.69) is 10.6 Å². The Kier molecular flexibility index (Phi) is 6.51. The van der Waals surface area contributed by atoms with Gasteiger partial charge >= 0.3 is 6.18 Å². The fraction of sp³-hybridized carbons (Fsp3) is 0.222. The highest BCUT2D eigenvalue weighted by atomic mass is 19.4. The lowest BCUT2D eigenvalue weighted by molar-refractivity contribution is -0.137. The normalized spacial score (nSPS) is 11.3. The molecule has 2 N–H and O–H groups in total. The highest BCUT2D eigenvalue weighted by Crippen LogP contribution is 2.29. The molecule has 0 spiro atoms. The lowest BCUT2D eigenvalue weighted by Crippen LogP contribution is -2.36. The van der Waals surface area contributed by atoms with Gasteiger partial charge in [0.05, 0.1) is 18.7 Å². The first-order chi connectivity index (χ1) is 12.6. The first kappa shape index (κ1) is 20.4. The summed E-state index contributed by atoms with van der Waals surface area (Å²) in [6.07, 6.45) is -4.44. The third-order valence-electron chi connectivity index (χ3n) is 3.45. The number of carbonyl (C=O) groups is 2. The molecule has 5 nitrogen and oxygen atoms in total. The molecule has 0 saturated carbocycles. The average molecular weight is 383 g/mol. The number of hydrogen-bond acceptors (Lipinski definition) is 3. The van der Waals surface area contributed by atoms with Crippen molar-refractivity contribution in [2.24, 2.45) is 0 Å². The molecule has 0 fully saturated rings. The Morgan fingerprint density at radius 1 is 0.852 bits per heavy atom. The van der Waals surface area contributed by atoms with Crippen LogP contribution in [0.5, 0.6) is 0 Å². The minimum atomic E-state index is -4.44. The largest absolute Gasteiger partial charge is 0.416 e. The lowest BCUT2D eigenvalue weighted by Gasteiger charge is -2.16. The Hall–Kier alpha value is -2.94. The van der Waals surface area contributed by atoms with E-state index < -0.39 is 29.4 Å². The lowest BCUT2D eigenvalue weighted by atomic mass is 10.2. The van der Waals surface area contributed by atoms with Crippen LogP contribution in [0.15, 0.2) is 48.5 Å². The van der Waals surface area contributed by atoms with Crippen molar-refractivity contribution in [3.63, 3.8) is 0 Å². The van der Waals surface area contributed by atoms with E-state index in [4.69, 9.17) is 0 Å². The Morgan fingerprint density at radius 3 is 1.67 bits per heavy atom. The Bertz CT molecular complexity index is 790. The highest BCUT2D eigenvalue weighted by molar-refractivity contribution is 5.94. The van der Waals surface area contributed by atoms with Crippen LogP contribution in [0.4, 0.5) is 28.9 Å². The van der Waals surface area contributed by atoms with Gasteiger partial charge in [0.2, 0.25) is 11.8 Å². The van der Waals surface area contributed by atoms with Crippen LogP contribution in [-0.4, -0.2) is 36.9 Å². The monoisotopic (exact) mass is 383 g/mol. The van der Waals surface area contributed by atoms with Crippen molar-refractivity contribution in [2.45, 2.75) is 6.18 Å². The Morgan fingerprint density at radius 2 is 1.26 bits per heavy atom. The molecule has 27 heavy (non-hydrogen) atoms. The van der Waals surface area contributed by atoms with Gasteiger partial charge in [-0.2, -0.15) is 13.2 Å². The summed E-state index contributed by atoms with van der Waals surface area (Å²) in [6.45, 7) is -0.240. The van der Waals surface area contributed by atoms with E-state index in [0.717, 1.165) is 24.3 Å². The molecule has 0 radical (unpaired) electrons. The maximum Gasteiger partial charge on any atom is 0.416 e. The molecular formula is C18H17F4N3O2. The van der Waals surface area contributed by atoms with Crippen molar-refractivity contribution in [3.8, 4) is 0 Å². The number of nitrogens with one attached hydrogen (secondary N) is 2. The fourth-order valence-corrected chi connectivity index (χ4v) is 2.22. The minimum Gasteiger partial charge on any atom is -0.325 e. The number of halogens is 4. The van der Waals surface area contributed by atoms with Crippen LogP contribution in [0.3, 0.4) is 0 Å². The molecule has 0 bridgehead atoms. The molecule has 2 aromatic carbocycles. The zero-order valence-corrected chi connectivity index (χ0v) is 14.3. The van der Waals surface area contributed by atoms with Crippen LogP contribution < -0.4 is 10.6 Å². The Labute approximate surface area is 153 Å². The first-order valence-corrected chi connectivity index (χ1v) is 7.84. The van der Waals surface area contributed by atoms with E-state index in [-0.39, 0.29) is 18.8 Å². The van der Waals surface area contributed by atoms with Gasteiger partial charge in [0.25, 0.3) is 0 Å². The van der Waals surface area contributed by atoms with Gasteiger partial charge in [-0.25, -0.2) is 4.39 Å². The summed E-state index contributed by atoms with van der Waals surface area (Å²) < 4.78 is 50.3. The van der Waals surface area contributed by atoms with E-state index >= 15 is 0 Å². The minimum absolute atomic E-state index is 0.0994. The number of nitrogens with zero attached hydrogens (tertiary/aromatic N) is 1. The maximum absolute atomic E-state index is 12.8. The number of rotatable bonds is 6. The zero-order valence-electron chi connectivity index (χ0n) is 14.3. The van der Waals surface area contributed by atoms with E-state index in [0.29, 0.717) is 5.69 Å².